The predicted octanol–water partition coefficient (Wildman–Crippen LogP) is 4.20. The third-order valence-corrected chi connectivity index (χ3v) is 5.52. The molecule has 3 rings (SSSR count). The van der Waals surface area contributed by atoms with Crippen molar-refractivity contribution in [1.29, 1.82) is 0 Å². The van der Waals surface area contributed by atoms with E-state index >= 15 is 0 Å². The Hall–Kier alpha value is -2.29. The summed E-state index contributed by atoms with van der Waals surface area (Å²) < 4.78 is 9.30. The number of thiazole rings is 1. The van der Waals surface area contributed by atoms with Crippen molar-refractivity contribution in [2.24, 2.45) is 4.99 Å². The highest BCUT2D eigenvalue weighted by atomic mass is 79.9. The summed E-state index contributed by atoms with van der Waals surface area (Å²) >= 11 is 4.78. The van der Waals surface area contributed by atoms with Gasteiger partial charge in [0.2, 0.25) is 5.91 Å². The van der Waals surface area contributed by atoms with E-state index in [1.165, 1.54) is 18.3 Å². The Morgan fingerprint density at radius 2 is 1.96 bits per heavy atom. The van der Waals surface area contributed by atoms with Crippen LogP contribution in [0.15, 0.2) is 51.9 Å². The number of carbonyl (C=O) groups excluding carboxylic acids is 2. The van der Waals surface area contributed by atoms with Crippen LogP contribution in [-0.4, -0.2) is 29.6 Å². The molecule has 1 aromatic heterocycles. The maximum absolute atomic E-state index is 12.6. The average molecular weight is 462 g/mol. The molecule has 2 amide bonds. The summed E-state index contributed by atoms with van der Waals surface area (Å²) in [5.74, 6) is -0.429. The molecule has 146 valence electrons. The summed E-state index contributed by atoms with van der Waals surface area (Å²) in [6.45, 7) is 5.14. The number of amides is 2. The first-order valence-electron chi connectivity index (χ1n) is 8.81. The lowest BCUT2D eigenvalue weighted by molar-refractivity contribution is -0.114. The van der Waals surface area contributed by atoms with E-state index in [1.54, 1.807) is 12.1 Å². The summed E-state index contributed by atoms with van der Waals surface area (Å²) in [5, 5.41) is 2.78. The first-order valence-corrected chi connectivity index (χ1v) is 10.4. The maximum Gasteiger partial charge on any atom is 0.279 e. The first-order chi connectivity index (χ1) is 13.5. The summed E-state index contributed by atoms with van der Waals surface area (Å²) in [4.78, 5) is 28.9. The highest BCUT2D eigenvalue weighted by Gasteiger charge is 2.10. The summed E-state index contributed by atoms with van der Waals surface area (Å²) in [7, 11) is 0. The fourth-order valence-corrected chi connectivity index (χ4v) is 4.06. The fourth-order valence-electron chi connectivity index (χ4n) is 2.70. The van der Waals surface area contributed by atoms with Gasteiger partial charge in [0.15, 0.2) is 4.80 Å². The number of hydrogen-bond acceptors (Lipinski definition) is 4. The number of rotatable bonds is 6. The zero-order chi connectivity index (χ0) is 20.1. The van der Waals surface area contributed by atoms with Gasteiger partial charge in [0.25, 0.3) is 5.91 Å². The molecule has 0 unspecified atom stereocenters. The van der Waals surface area contributed by atoms with E-state index in [0.29, 0.717) is 35.8 Å². The van der Waals surface area contributed by atoms with Crippen LogP contribution < -0.4 is 10.1 Å². The number of hydrogen-bond donors (Lipinski definition) is 1. The van der Waals surface area contributed by atoms with Crippen molar-refractivity contribution < 1.29 is 14.3 Å². The standard InChI is InChI=1S/C20H20BrN3O3S/c1-3-27-11-10-24-17-9-8-16(22-13(2)25)12-18(17)28-20(24)23-19(26)14-4-6-15(21)7-5-14/h4-9,12H,3,10-11H2,1-2H3,(H,22,25). The molecule has 2 aromatic carbocycles. The molecule has 0 bridgehead atoms. The smallest absolute Gasteiger partial charge is 0.279 e. The predicted molar refractivity (Wildman–Crippen MR) is 115 cm³/mol. The topological polar surface area (TPSA) is 72.7 Å². The molecular weight excluding hydrogens is 442 g/mol. The Kier molecular flexibility index (Phi) is 6.77. The Balaban J connectivity index is 2.04. The van der Waals surface area contributed by atoms with Crippen LogP contribution in [0.3, 0.4) is 0 Å². The first kappa shape index (κ1) is 20.4. The average Bonchev–Trinajstić information content (AvgIpc) is 2.98. The lowest BCUT2D eigenvalue weighted by Gasteiger charge is -2.06. The van der Waals surface area contributed by atoms with Gasteiger partial charge < -0.3 is 14.6 Å². The second-order valence-corrected chi connectivity index (χ2v) is 7.95. The van der Waals surface area contributed by atoms with Crippen LogP contribution in [0.25, 0.3) is 10.2 Å². The number of aromatic nitrogens is 1. The quantitative estimate of drug-likeness (QED) is 0.558. The second-order valence-electron chi connectivity index (χ2n) is 6.02. The molecule has 0 spiro atoms. The number of fused-ring (bicyclic) bond motifs is 1. The van der Waals surface area contributed by atoms with Crippen molar-refractivity contribution >= 4 is 55.0 Å². The third-order valence-electron chi connectivity index (χ3n) is 3.95. The zero-order valence-electron chi connectivity index (χ0n) is 15.6. The van der Waals surface area contributed by atoms with E-state index < -0.39 is 0 Å². The molecule has 1 N–H and O–H groups in total. The van der Waals surface area contributed by atoms with Gasteiger partial charge in [-0.25, -0.2) is 0 Å². The van der Waals surface area contributed by atoms with Gasteiger partial charge in [-0.3, -0.25) is 9.59 Å². The van der Waals surface area contributed by atoms with Crippen LogP contribution in [0.4, 0.5) is 5.69 Å². The van der Waals surface area contributed by atoms with E-state index in [0.717, 1.165) is 14.7 Å². The van der Waals surface area contributed by atoms with Gasteiger partial charge in [0.1, 0.15) is 0 Å². The van der Waals surface area contributed by atoms with Crippen molar-refractivity contribution in [3.8, 4) is 0 Å². The van der Waals surface area contributed by atoms with E-state index in [4.69, 9.17) is 4.74 Å². The molecule has 0 aliphatic carbocycles. The van der Waals surface area contributed by atoms with Crippen LogP contribution in [0.1, 0.15) is 24.2 Å². The van der Waals surface area contributed by atoms with Crippen molar-refractivity contribution in [1.82, 2.24) is 4.57 Å². The highest BCUT2D eigenvalue weighted by molar-refractivity contribution is 9.10. The molecule has 0 aliphatic heterocycles. The van der Waals surface area contributed by atoms with Crippen LogP contribution in [0, 0.1) is 0 Å². The number of benzene rings is 2. The van der Waals surface area contributed by atoms with Gasteiger partial charge in [0.05, 0.1) is 16.8 Å². The summed E-state index contributed by atoms with van der Waals surface area (Å²) in [6, 6.07) is 12.8. The van der Waals surface area contributed by atoms with E-state index in [2.05, 4.69) is 26.2 Å². The summed E-state index contributed by atoms with van der Waals surface area (Å²) in [5.41, 5.74) is 2.18. The maximum atomic E-state index is 12.6. The molecular formula is C20H20BrN3O3S. The van der Waals surface area contributed by atoms with Gasteiger partial charge in [-0.15, -0.1) is 0 Å². The van der Waals surface area contributed by atoms with E-state index in [9.17, 15) is 9.59 Å². The monoisotopic (exact) mass is 461 g/mol. The molecule has 0 radical (unpaired) electrons. The summed E-state index contributed by atoms with van der Waals surface area (Å²) in [6.07, 6.45) is 0. The molecule has 0 aliphatic rings. The van der Waals surface area contributed by atoms with Crippen LogP contribution in [0.5, 0.6) is 0 Å². The van der Waals surface area contributed by atoms with Gasteiger partial charge in [-0.05, 0) is 49.4 Å². The van der Waals surface area contributed by atoms with Crippen LogP contribution in [0.2, 0.25) is 0 Å². The highest BCUT2D eigenvalue weighted by Crippen LogP contribution is 2.22. The number of anilines is 1. The van der Waals surface area contributed by atoms with Crippen LogP contribution >= 0.6 is 27.3 Å². The minimum atomic E-state index is -0.300. The van der Waals surface area contributed by atoms with Gasteiger partial charge in [-0.2, -0.15) is 4.99 Å². The minimum Gasteiger partial charge on any atom is -0.380 e. The second kappa shape index (κ2) is 9.27. The molecule has 0 saturated heterocycles. The third kappa shape index (κ3) is 4.95. The normalized spacial score (nSPS) is 11.8. The van der Waals surface area contributed by atoms with Gasteiger partial charge >= 0.3 is 0 Å². The zero-order valence-corrected chi connectivity index (χ0v) is 18.0. The Bertz CT molecular complexity index is 1070. The molecule has 6 nitrogen and oxygen atoms in total. The number of nitrogens with zero attached hydrogens (tertiary/aromatic N) is 2. The minimum absolute atomic E-state index is 0.129. The van der Waals surface area contributed by atoms with Crippen LogP contribution in [-0.2, 0) is 16.1 Å². The van der Waals surface area contributed by atoms with E-state index in [1.807, 2.05) is 41.8 Å². The number of carbonyl (C=O) groups is 2. The molecule has 0 saturated carbocycles. The van der Waals surface area contributed by atoms with Gasteiger partial charge in [0, 0.05) is 35.8 Å². The SMILES string of the molecule is CCOCCn1c(=NC(=O)c2ccc(Br)cc2)sc2cc(NC(C)=O)ccc21. The lowest BCUT2D eigenvalue weighted by atomic mass is 10.2. The molecule has 28 heavy (non-hydrogen) atoms. The molecule has 0 fully saturated rings. The Morgan fingerprint density at radius 3 is 2.64 bits per heavy atom. The molecule has 1 heterocycles. The Morgan fingerprint density at radius 1 is 1.21 bits per heavy atom. The van der Waals surface area contributed by atoms with Crippen molar-refractivity contribution in [3.05, 3.63) is 57.3 Å². The van der Waals surface area contributed by atoms with Crippen molar-refractivity contribution in [2.45, 2.75) is 20.4 Å². The number of ether oxygens (including phenoxy) is 1. The van der Waals surface area contributed by atoms with E-state index in [-0.39, 0.29) is 11.8 Å². The Labute approximate surface area is 175 Å². The lowest BCUT2D eigenvalue weighted by Crippen LogP contribution is -2.19. The largest absolute Gasteiger partial charge is 0.380 e. The van der Waals surface area contributed by atoms with Crippen molar-refractivity contribution in [3.63, 3.8) is 0 Å². The molecule has 8 heteroatoms. The van der Waals surface area contributed by atoms with Crippen molar-refractivity contribution in [2.75, 3.05) is 18.5 Å². The number of halogens is 1. The molecule has 0 atom stereocenters. The fraction of sp³-hybridized carbons (Fsp3) is 0.250. The molecule has 3 aromatic rings. The van der Waals surface area contributed by atoms with Gasteiger partial charge in [-0.1, -0.05) is 27.3 Å². The number of nitrogens with one attached hydrogen (secondary N) is 1.